The molecular formula is C50H68N2O8. The van der Waals surface area contributed by atoms with Crippen molar-refractivity contribution in [2.24, 2.45) is 17.3 Å². The first-order valence-corrected chi connectivity index (χ1v) is 22.9. The predicted octanol–water partition coefficient (Wildman–Crippen LogP) is 9.00. The monoisotopic (exact) mass is 824 g/mol. The summed E-state index contributed by atoms with van der Waals surface area (Å²) in [7, 11) is 0. The maximum absolute atomic E-state index is 14.5. The molecule has 10 heteroatoms. The minimum absolute atomic E-state index is 0.00479. The second-order valence-corrected chi connectivity index (χ2v) is 18.9. The van der Waals surface area contributed by atoms with E-state index in [2.05, 4.69) is 51.3 Å². The number of ether oxygens (including phenoxy) is 4. The van der Waals surface area contributed by atoms with Crippen LogP contribution in [0.1, 0.15) is 156 Å². The first-order chi connectivity index (χ1) is 28.9. The highest BCUT2D eigenvalue weighted by atomic mass is 16.8. The number of esters is 1. The molecule has 326 valence electrons. The summed E-state index contributed by atoms with van der Waals surface area (Å²) in [5.41, 5.74) is 4.69. The third kappa shape index (κ3) is 10.1. The minimum Gasteiger partial charge on any atom is -0.456 e. The van der Waals surface area contributed by atoms with Gasteiger partial charge in [0.05, 0.1) is 23.9 Å². The third-order valence-electron chi connectivity index (χ3n) is 14.0. The smallest absolute Gasteiger partial charge is 0.339 e. The molecule has 2 amide bonds. The van der Waals surface area contributed by atoms with Gasteiger partial charge < -0.3 is 34.7 Å². The van der Waals surface area contributed by atoms with Gasteiger partial charge in [-0.3, -0.25) is 9.59 Å². The Balaban J connectivity index is 1.13. The molecule has 60 heavy (non-hydrogen) atoms. The second-order valence-electron chi connectivity index (χ2n) is 18.9. The van der Waals surface area contributed by atoms with E-state index in [9.17, 15) is 14.4 Å². The number of rotatable bonds is 17. The van der Waals surface area contributed by atoms with Crippen LogP contribution in [0.3, 0.4) is 0 Å². The Morgan fingerprint density at radius 2 is 1.67 bits per heavy atom. The Labute approximate surface area is 357 Å². The summed E-state index contributed by atoms with van der Waals surface area (Å²) in [6, 6.07) is 14.8. The molecule has 0 radical (unpaired) electrons. The maximum atomic E-state index is 14.5. The number of epoxide rings is 1. The summed E-state index contributed by atoms with van der Waals surface area (Å²) in [6.45, 7) is 11.6. The SMILES string of the molecule is CCCCCC1(CCCCC)O[C@@H]2[C@@H](C=C(C(=O)NCc3cccc(C(=O)NCCO)c3)C[C@H]2OC(=O)c2ccccc2C=C2CCC3O[C@]3(C)CC[C@@H]3[C@@H]2CC3(C)C)O1. The van der Waals surface area contributed by atoms with Crippen LogP contribution in [-0.2, 0) is 30.3 Å². The van der Waals surface area contributed by atoms with Crippen molar-refractivity contribution in [1.29, 1.82) is 0 Å². The molecule has 2 aliphatic heterocycles. The molecule has 4 fully saturated rings. The van der Waals surface area contributed by atoms with Crippen molar-refractivity contribution < 1.29 is 38.4 Å². The van der Waals surface area contributed by atoms with E-state index in [1.807, 2.05) is 36.4 Å². The predicted molar refractivity (Wildman–Crippen MR) is 232 cm³/mol. The van der Waals surface area contributed by atoms with Crippen molar-refractivity contribution in [3.8, 4) is 0 Å². The molecule has 0 spiro atoms. The fraction of sp³-hybridized carbons (Fsp3) is 0.620. The molecule has 0 bridgehead atoms. The molecule has 2 heterocycles. The van der Waals surface area contributed by atoms with E-state index in [0.29, 0.717) is 34.6 Å². The Kier molecular flexibility index (Phi) is 14.0. The summed E-state index contributed by atoms with van der Waals surface area (Å²) in [6.07, 6.45) is 15.7. The number of hydrogen-bond acceptors (Lipinski definition) is 8. The second kappa shape index (κ2) is 19.1. The summed E-state index contributed by atoms with van der Waals surface area (Å²) < 4.78 is 26.5. The Bertz CT molecular complexity index is 1910. The van der Waals surface area contributed by atoms with Gasteiger partial charge in [-0.05, 0) is 105 Å². The van der Waals surface area contributed by atoms with Crippen LogP contribution in [-0.4, -0.2) is 71.8 Å². The van der Waals surface area contributed by atoms with Gasteiger partial charge in [0.1, 0.15) is 18.3 Å². The Morgan fingerprint density at radius 3 is 2.40 bits per heavy atom. The highest BCUT2D eigenvalue weighted by Gasteiger charge is 2.56. The number of carbonyl (C=O) groups is 3. The molecule has 2 aromatic carbocycles. The first-order valence-electron chi connectivity index (χ1n) is 22.9. The quantitative estimate of drug-likeness (QED) is 0.0818. The Hall–Kier alpha value is -3.83. The number of carbonyl (C=O) groups excluding carboxylic acids is 3. The Morgan fingerprint density at radius 1 is 0.900 bits per heavy atom. The van der Waals surface area contributed by atoms with Crippen LogP contribution in [0.2, 0.25) is 0 Å². The first kappa shape index (κ1) is 44.2. The number of aliphatic hydroxyl groups is 1. The van der Waals surface area contributed by atoms with Crippen molar-refractivity contribution in [3.63, 3.8) is 0 Å². The lowest BCUT2D eigenvalue weighted by atomic mass is 9.52. The molecular weight excluding hydrogens is 757 g/mol. The van der Waals surface area contributed by atoms with Gasteiger partial charge >= 0.3 is 5.97 Å². The lowest BCUT2D eigenvalue weighted by molar-refractivity contribution is -0.190. The molecule has 7 atom stereocenters. The zero-order valence-corrected chi connectivity index (χ0v) is 36.6. The standard InChI is InChI=1S/C50H68N2O8/c1-6-8-12-22-50(23-13-9-7-2)58-42-30-37(46(55)52-32-33-15-14-17-36(27-33)45(54)51-25-26-53)29-41(44(42)60-50)57-47(56)38-18-11-10-16-34(38)28-35-19-20-43-49(5,59-43)24-21-40-39(35)31-48(40,3)4/h10-11,14-18,27-28,30,39-44,53H,6-9,12-13,19-26,29,31-32H2,1-5H3,(H,51,54)(H,52,55)/t39-,40-,41-,42-,43?,44+,49-/m1/s1. The van der Waals surface area contributed by atoms with Crippen LogP contribution >= 0.6 is 0 Å². The van der Waals surface area contributed by atoms with E-state index in [-0.39, 0.29) is 48.9 Å². The van der Waals surface area contributed by atoms with Crippen molar-refractivity contribution in [2.45, 2.75) is 167 Å². The molecule has 3 N–H and O–H groups in total. The number of unbranched alkanes of at least 4 members (excludes halogenated alkanes) is 4. The third-order valence-corrected chi connectivity index (χ3v) is 14.0. The molecule has 2 saturated heterocycles. The van der Waals surface area contributed by atoms with E-state index in [4.69, 9.17) is 24.1 Å². The number of amides is 2. The lowest BCUT2D eigenvalue weighted by Gasteiger charge is -2.53. The van der Waals surface area contributed by atoms with Gasteiger partial charge in [-0.1, -0.05) is 95.4 Å². The number of fused-ring (bicyclic) bond motifs is 3. The van der Waals surface area contributed by atoms with Crippen LogP contribution in [0.25, 0.3) is 6.08 Å². The molecule has 7 rings (SSSR count). The average Bonchev–Trinajstić information content (AvgIpc) is 3.72. The van der Waals surface area contributed by atoms with Crippen molar-refractivity contribution in [1.82, 2.24) is 10.6 Å². The van der Waals surface area contributed by atoms with E-state index in [1.165, 1.54) is 5.57 Å². The minimum atomic E-state index is -0.822. The van der Waals surface area contributed by atoms with Gasteiger partial charge in [0, 0.05) is 43.5 Å². The van der Waals surface area contributed by atoms with Crippen LogP contribution in [0.5, 0.6) is 0 Å². The molecule has 3 aliphatic carbocycles. The van der Waals surface area contributed by atoms with Gasteiger partial charge in [0.15, 0.2) is 5.79 Å². The average molecular weight is 825 g/mol. The van der Waals surface area contributed by atoms with Gasteiger partial charge in [-0.15, -0.1) is 0 Å². The van der Waals surface area contributed by atoms with E-state index >= 15 is 0 Å². The fourth-order valence-corrected chi connectivity index (χ4v) is 10.4. The lowest BCUT2D eigenvalue weighted by Crippen LogP contribution is -2.45. The van der Waals surface area contributed by atoms with E-state index < -0.39 is 30.1 Å². The van der Waals surface area contributed by atoms with Crippen LogP contribution in [0.4, 0.5) is 0 Å². The molecule has 0 aromatic heterocycles. The van der Waals surface area contributed by atoms with Gasteiger partial charge in [-0.25, -0.2) is 4.79 Å². The van der Waals surface area contributed by atoms with Crippen LogP contribution in [0, 0.1) is 17.3 Å². The number of hydrogen-bond donors (Lipinski definition) is 3. The van der Waals surface area contributed by atoms with Crippen molar-refractivity contribution in [2.75, 3.05) is 13.2 Å². The van der Waals surface area contributed by atoms with E-state index in [1.54, 1.807) is 18.2 Å². The number of aliphatic hydroxyl groups excluding tert-OH is 1. The van der Waals surface area contributed by atoms with Crippen molar-refractivity contribution in [3.05, 3.63) is 88.0 Å². The van der Waals surface area contributed by atoms with Gasteiger partial charge in [0.25, 0.3) is 5.91 Å². The fourth-order valence-electron chi connectivity index (χ4n) is 10.4. The molecule has 2 aromatic rings. The van der Waals surface area contributed by atoms with Crippen molar-refractivity contribution >= 4 is 23.9 Å². The summed E-state index contributed by atoms with van der Waals surface area (Å²) in [4.78, 5) is 41.0. The normalized spacial score (nSPS) is 29.3. The number of nitrogens with one attached hydrogen (secondary N) is 2. The van der Waals surface area contributed by atoms with Crippen LogP contribution < -0.4 is 10.6 Å². The molecule has 5 aliphatic rings. The highest BCUT2D eigenvalue weighted by molar-refractivity contribution is 5.96. The van der Waals surface area contributed by atoms with Crippen LogP contribution in [0.15, 0.2) is 65.8 Å². The molecule has 2 saturated carbocycles. The molecule has 10 nitrogen and oxygen atoms in total. The number of benzene rings is 2. The van der Waals surface area contributed by atoms with Gasteiger partial charge in [0.2, 0.25) is 5.91 Å². The zero-order valence-electron chi connectivity index (χ0n) is 36.6. The topological polar surface area (TPSA) is 136 Å². The largest absolute Gasteiger partial charge is 0.456 e. The van der Waals surface area contributed by atoms with Gasteiger partial charge in [-0.2, -0.15) is 0 Å². The summed E-state index contributed by atoms with van der Waals surface area (Å²) in [5.74, 6) is -0.781. The number of allylic oxidation sites excluding steroid dienone is 1. The molecule has 1 unspecified atom stereocenters. The maximum Gasteiger partial charge on any atom is 0.339 e. The highest BCUT2D eigenvalue weighted by Crippen LogP contribution is 2.60. The summed E-state index contributed by atoms with van der Waals surface area (Å²) >= 11 is 0. The summed E-state index contributed by atoms with van der Waals surface area (Å²) in [5, 5.41) is 14.8. The van der Waals surface area contributed by atoms with E-state index in [0.717, 1.165) is 94.6 Å². The zero-order chi connectivity index (χ0) is 42.5.